The number of halogens is 1. The molecule has 0 amide bonds. The van der Waals surface area contributed by atoms with Gasteiger partial charge in [-0.2, -0.15) is 0 Å². The molecule has 0 saturated heterocycles. The molecule has 0 aliphatic heterocycles. The van der Waals surface area contributed by atoms with E-state index in [-0.39, 0.29) is 0 Å². The van der Waals surface area contributed by atoms with Gasteiger partial charge in [0.2, 0.25) is 5.03 Å². The first-order chi connectivity index (χ1) is 10.7. The molecule has 0 radical (unpaired) electrons. The van der Waals surface area contributed by atoms with Gasteiger partial charge in [0.15, 0.2) is 6.20 Å². The highest BCUT2D eigenvalue weighted by Gasteiger charge is 2.06. The van der Waals surface area contributed by atoms with E-state index >= 15 is 0 Å². The molecule has 0 bridgehead atoms. The van der Waals surface area contributed by atoms with Gasteiger partial charge in [-0.05, 0) is 49.0 Å². The lowest BCUT2D eigenvalue weighted by Gasteiger charge is -2.16. The highest BCUT2D eigenvalue weighted by Crippen LogP contribution is 2.27. The number of aromatic nitrogens is 1. The summed E-state index contributed by atoms with van der Waals surface area (Å²) in [6.45, 7) is 2.07. The fourth-order valence-electron chi connectivity index (χ4n) is 1.94. The second-order valence-electron chi connectivity index (χ2n) is 4.87. The van der Waals surface area contributed by atoms with Gasteiger partial charge in [-0.3, -0.25) is 0 Å². The van der Waals surface area contributed by atoms with Gasteiger partial charge < -0.3 is 5.43 Å². The first-order valence-electron chi connectivity index (χ1n) is 6.93. The Morgan fingerprint density at radius 3 is 2.36 bits per heavy atom. The largest absolute Gasteiger partial charge is 0.404 e. The van der Waals surface area contributed by atoms with E-state index < -0.39 is 0 Å². The molecule has 0 N–H and O–H groups in total. The molecule has 4 heteroatoms. The van der Waals surface area contributed by atoms with Crippen LogP contribution in [0.2, 0.25) is 5.02 Å². The molecule has 3 rings (SSSR count). The van der Waals surface area contributed by atoms with Crippen LogP contribution in [0.5, 0.6) is 0 Å². The second kappa shape index (κ2) is 6.86. The Morgan fingerprint density at radius 2 is 1.64 bits per heavy atom. The van der Waals surface area contributed by atoms with Gasteiger partial charge in [0.1, 0.15) is 0 Å². The molecule has 0 fully saturated rings. The summed E-state index contributed by atoms with van der Waals surface area (Å²) in [7, 11) is 0. The molecule has 0 unspecified atom stereocenters. The monoisotopic (exact) mass is 326 g/mol. The van der Waals surface area contributed by atoms with Gasteiger partial charge in [-0.15, -0.1) is 0 Å². The maximum absolute atomic E-state index is 5.93. The summed E-state index contributed by atoms with van der Waals surface area (Å²) in [5, 5.41) is 1.79. The average Bonchev–Trinajstić information content (AvgIpc) is 2.54. The van der Waals surface area contributed by atoms with Crippen LogP contribution < -0.4 is 4.68 Å². The van der Waals surface area contributed by atoms with E-state index in [1.165, 1.54) is 5.56 Å². The van der Waals surface area contributed by atoms with Crippen molar-refractivity contribution in [1.29, 1.82) is 0 Å². The van der Waals surface area contributed by atoms with Crippen molar-refractivity contribution in [3.05, 3.63) is 88.9 Å². The zero-order valence-electron chi connectivity index (χ0n) is 12.1. The molecule has 1 aromatic heterocycles. The number of benzene rings is 2. The smallest absolute Gasteiger partial charge is 0.240 e. The number of hydrogen-bond acceptors (Lipinski definition) is 1. The summed E-state index contributed by atoms with van der Waals surface area (Å²) in [5.41, 5.74) is 6.83. The predicted octanol–water partition coefficient (Wildman–Crippen LogP) is 5.56. The molecule has 1 heterocycles. The van der Waals surface area contributed by atoms with Crippen LogP contribution in [-0.2, 0) is 0 Å². The number of aryl methyl sites for hydroxylation is 1. The van der Waals surface area contributed by atoms with Crippen molar-refractivity contribution in [3.8, 4) is 0 Å². The Morgan fingerprint density at radius 1 is 0.909 bits per heavy atom. The third-order valence-electron chi connectivity index (χ3n) is 3.10. The summed E-state index contributed by atoms with van der Waals surface area (Å²) >= 11 is 7.59. The van der Waals surface area contributed by atoms with Crippen LogP contribution in [0.25, 0.3) is 5.43 Å². The molecule has 0 aliphatic rings. The molecule has 2 aromatic carbocycles. The van der Waals surface area contributed by atoms with Crippen LogP contribution in [0.4, 0.5) is 5.69 Å². The van der Waals surface area contributed by atoms with E-state index in [1.807, 2.05) is 59.4 Å². The van der Waals surface area contributed by atoms with Crippen LogP contribution in [0.1, 0.15) is 5.56 Å². The maximum atomic E-state index is 5.93. The Bertz CT molecular complexity index is 688. The summed E-state index contributed by atoms with van der Waals surface area (Å²) in [5.74, 6) is 0. The Hall–Kier alpha value is -1.97. The zero-order valence-corrected chi connectivity index (χ0v) is 13.7. The van der Waals surface area contributed by atoms with Crippen molar-refractivity contribution in [2.45, 2.75) is 16.8 Å². The summed E-state index contributed by atoms with van der Waals surface area (Å²) in [6.07, 6.45) is 1.96. The van der Waals surface area contributed by atoms with Crippen molar-refractivity contribution in [2.24, 2.45) is 0 Å². The fourth-order valence-corrected chi connectivity index (χ4v) is 2.92. The molecular weight excluding hydrogens is 312 g/mol. The molecular formula is C18H15ClN2S. The van der Waals surface area contributed by atoms with Gasteiger partial charge in [-0.1, -0.05) is 47.1 Å². The van der Waals surface area contributed by atoms with Gasteiger partial charge in [0.05, 0.1) is 0 Å². The van der Waals surface area contributed by atoms with Crippen molar-refractivity contribution >= 4 is 29.1 Å². The maximum Gasteiger partial charge on any atom is 0.240 e. The predicted molar refractivity (Wildman–Crippen MR) is 91.8 cm³/mol. The first-order valence-corrected chi connectivity index (χ1v) is 8.13. The molecule has 22 heavy (non-hydrogen) atoms. The molecule has 3 aromatic rings. The zero-order chi connectivity index (χ0) is 15.4. The fraction of sp³-hybridized carbons (Fsp3) is 0.0556. The Kier molecular flexibility index (Phi) is 4.66. The van der Waals surface area contributed by atoms with Crippen molar-refractivity contribution in [1.82, 2.24) is 0 Å². The highest BCUT2D eigenvalue weighted by atomic mass is 35.5. The average molecular weight is 327 g/mol. The van der Waals surface area contributed by atoms with Crippen LogP contribution in [0.15, 0.2) is 82.8 Å². The molecule has 0 atom stereocenters. The lowest BCUT2D eigenvalue weighted by atomic mass is 10.2. The van der Waals surface area contributed by atoms with E-state index in [9.17, 15) is 0 Å². The van der Waals surface area contributed by atoms with Crippen molar-refractivity contribution < 1.29 is 4.68 Å². The number of hydrogen-bond donors (Lipinski definition) is 0. The molecule has 2 nitrogen and oxygen atoms in total. The summed E-state index contributed by atoms with van der Waals surface area (Å²) < 4.78 is 1.89. The van der Waals surface area contributed by atoms with Crippen LogP contribution in [0.3, 0.4) is 0 Å². The summed E-state index contributed by atoms with van der Waals surface area (Å²) in [6, 6.07) is 22.0. The first kappa shape index (κ1) is 14.9. The van der Waals surface area contributed by atoms with Crippen LogP contribution >= 0.6 is 23.4 Å². The lowest BCUT2D eigenvalue weighted by molar-refractivity contribution is -0.658. The minimum absolute atomic E-state index is 0.745. The van der Waals surface area contributed by atoms with Gasteiger partial charge in [0.25, 0.3) is 0 Å². The molecule has 110 valence electrons. The molecule has 0 saturated carbocycles. The molecule has 0 aliphatic carbocycles. The normalized spacial score (nSPS) is 10.5. The van der Waals surface area contributed by atoms with Crippen molar-refractivity contribution in [2.75, 3.05) is 0 Å². The Balaban J connectivity index is 1.83. The van der Waals surface area contributed by atoms with E-state index in [0.29, 0.717) is 0 Å². The quantitative estimate of drug-likeness (QED) is 0.574. The highest BCUT2D eigenvalue weighted by molar-refractivity contribution is 7.99. The third kappa shape index (κ3) is 3.81. The van der Waals surface area contributed by atoms with Gasteiger partial charge >= 0.3 is 0 Å². The summed E-state index contributed by atoms with van der Waals surface area (Å²) in [4.78, 5) is 1.13. The SMILES string of the molecule is Cc1ccc([N-][n+]2ccccc2Sc2ccc(Cl)cc2)cc1. The van der Waals surface area contributed by atoms with Gasteiger partial charge in [-0.25, -0.2) is 4.68 Å². The van der Waals surface area contributed by atoms with E-state index in [2.05, 4.69) is 30.5 Å². The minimum atomic E-state index is 0.745. The van der Waals surface area contributed by atoms with E-state index in [1.54, 1.807) is 11.8 Å². The second-order valence-corrected chi connectivity index (χ2v) is 6.41. The van der Waals surface area contributed by atoms with Crippen molar-refractivity contribution in [3.63, 3.8) is 0 Å². The topological polar surface area (TPSA) is 18.0 Å². The van der Waals surface area contributed by atoms with Crippen LogP contribution in [-0.4, -0.2) is 0 Å². The number of nitrogens with zero attached hydrogens (tertiary/aromatic N) is 2. The number of pyridine rings is 1. The lowest BCUT2D eigenvalue weighted by Crippen LogP contribution is -2.30. The molecule has 0 spiro atoms. The Labute approximate surface area is 139 Å². The van der Waals surface area contributed by atoms with Crippen LogP contribution in [0, 0.1) is 6.92 Å². The standard InChI is InChI=1S/C18H15ClN2S/c1-14-5-9-16(10-6-14)20-21-13-3-2-4-18(21)22-17-11-7-15(19)8-12-17/h2-13H,1H3. The van der Waals surface area contributed by atoms with E-state index in [4.69, 9.17) is 11.6 Å². The third-order valence-corrected chi connectivity index (χ3v) is 4.39. The minimum Gasteiger partial charge on any atom is -0.404 e. The van der Waals surface area contributed by atoms with Gasteiger partial charge in [0, 0.05) is 22.1 Å². The van der Waals surface area contributed by atoms with E-state index in [0.717, 1.165) is 20.6 Å². The number of rotatable bonds is 4.